The molecule has 1 N–H and O–H groups in total. The minimum Gasteiger partial charge on any atom is -0.497 e. The molecule has 0 amide bonds. The van der Waals surface area contributed by atoms with Crippen molar-refractivity contribution in [3.05, 3.63) is 29.3 Å². The highest BCUT2D eigenvalue weighted by Gasteiger charge is 2.31. The van der Waals surface area contributed by atoms with Gasteiger partial charge in [-0.2, -0.15) is 0 Å². The molecule has 112 valence electrons. The summed E-state index contributed by atoms with van der Waals surface area (Å²) < 4.78 is 5.28. The van der Waals surface area contributed by atoms with E-state index in [1.54, 1.807) is 7.11 Å². The lowest BCUT2D eigenvalue weighted by atomic mass is 9.84. The van der Waals surface area contributed by atoms with Crippen LogP contribution in [0.2, 0.25) is 0 Å². The highest BCUT2D eigenvalue weighted by atomic mass is 16.5. The summed E-state index contributed by atoms with van der Waals surface area (Å²) in [5, 5.41) is 10.7. The van der Waals surface area contributed by atoms with E-state index in [0.717, 1.165) is 30.7 Å². The van der Waals surface area contributed by atoms with Crippen molar-refractivity contribution < 1.29 is 9.84 Å². The third-order valence-electron chi connectivity index (χ3n) is 4.61. The maximum absolute atomic E-state index is 10.7. The Morgan fingerprint density at radius 3 is 2.85 bits per heavy atom. The fourth-order valence-corrected chi connectivity index (χ4v) is 3.09. The number of likely N-dealkylation sites (N-methyl/N-ethyl adjacent to an activating group) is 1. The molecular weight excluding hydrogens is 250 g/mol. The van der Waals surface area contributed by atoms with Crippen LogP contribution in [0.5, 0.6) is 5.75 Å². The highest BCUT2D eigenvalue weighted by molar-refractivity contribution is 5.39. The second-order valence-corrected chi connectivity index (χ2v) is 6.07. The van der Waals surface area contributed by atoms with Gasteiger partial charge in [0.05, 0.1) is 13.2 Å². The molecule has 3 nitrogen and oxygen atoms in total. The number of hydrogen-bond acceptors (Lipinski definition) is 3. The smallest absolute Gasteiger partial charge is 0.119 e. The molecule has 0 radical (unpaired) electrons. The summed E-state index contributed by atoms with van der Waals surface area (Å²) in [6.07, 6.45) is 2.82. The van der Waals surface area contributed by atoms with Crippen LogP contribution < -0.4 is 4.74 Å². The second-order valence-electron chi connectivity index (χ2n) is 6.07. The number of fused-ring (bicyclic) bond motifs is 1. The molecule has 1 aliphatic rings. The lowest BCUT2D eigenvalue weighted by Crippen LogP contribution is -2.41. The van der Waals surface area contributed by atoms with Crippen LogP contribution >= 0.6 is 0 Å². The van der Waals surface area contributed by atoms with Crippen LogP contribution in [0, 0.1) is 5.92 Å². The van der Waals surface area contributed by atoms with E-state index in [-0.39, 0.29) is 6.04 Å². The first-order chi connectivity index (χ1) is 9.56. The largest absolute Gasteiger partial charge is 0.497 e. The van der Waals surface area contributed by atoms with Crippen LogP contribution in [-0.2, 0) is 6.42 Å². The van der Waals surface area contributed by atoms with Crippen LogP contribution in [0.15, 0.2) is 18.2 Å². The summed E-state index contributed by atoms with van der Waals surface area (Å²) in [4.78, 5) is 2.32. The van der Waals surface area contributed by atoms with E-state index >= 15 is 0 Å². The quantitative estimate of drug-likeness (QED) is 0.898. The van der Waals surface area contributed by atoms with Crippen LogP contribution in [-0.4, -0.2) is 36.8 Å². The van der Waals surface area contributed by atoms with Gasteiger partial charge in [-0.3, -0.25) is 0 Å². The third kappa shape index (κ3) is 3.15. The summed E-state index contributed by atoms with van der Waals surface area (Å²) in [6.45, 7) is 5.52. The van der Waals surface area contributed by atoms with E-state index in [0.29, 0.717) is 5.92 Å². The van der Waals surface area contributed by atoms with E-state index in [9.17, 15) is 5.11 Å². The summed E-state index contributed by atoms with van der Waals surface area (Å²) in [6, 6.07) is 6.27. The Kier molecular flexibility index (Phi) is 5.06. The van der Waals surface area contributed by atoms with Crippen LogP contribution in [0.25, 0.3) is 0 Å². The van der Waals surface area contributed by atoms with Gasteiger partial charge in [-0.15, -0.1) is 0 Å². The average Bonchev–Trinajstić information content (AvgIpc) is 2.47. The monoisotopic (exact) mass is 277 g/mol. The van der Waals surface area contributed by atoms with Crippen LogP contribution in [0.1, 0.15) is 43.9 Å². The highest BCUT2D eigenvalue weighted by Crippen LogP contribution is 2.35. The zero-order chi connectivity index (χ0) is 14.7. The van der Waals surface area contributed by atoms with Crippen LogP contribution in [0.3, 0.4) is 0 Å². The maximum Gasteiger partial charge on any atom is 0.119 e. The number of aliphatic hydroxyl groups is 1. The fraction of sp³-hybridized carbons (Fsp3) is 0.647. The van der Waals surface area contributed by atoms with Gasteiger partial charge in [-0.25, -0.2) is 0 Å². The zero-order valence-electron chi connectivity index (χ0n) is 13.1. The normalized spacial score (nSPS) is 23.5. The second kappa shape index (κ2) is 6.59. The predicted molar refractivity (Wildman–Crippen MR) is 82.1 cm³/mol. The van der Waals surface area contributed by atoms with Crippen molar-refractivity contribution in [1.82, 2.24) is 4.90 Å². The van der Waals surface area contributed by atoms with Gasteiger partial charge in [0.25, 0.3) is 0 Å². The van der Waals surface area contributed by atoms with E-state index in [2.05, 4.69) is 31.9 Å². The Balaban J connectivity index is 2.15. The molecular formula is C17H27NO2. The molecule has 0 saturated carbocycles. The Bertz CT molecular complexity index is 447. The molecule has 0 aromatic heterocycles. The SMILES string of the molecule is CCC(C)CN(C)C1CCc2ccc(OC)cc2C1O. The van der Waals surface area contributed by atoms with Crippen molar-refractivity contribution >= 4 is 0 Å². The number of ether oxygens (including phenoxy) is 1. The molecule has 3 atom stereocenters. The van der Waals surface area contributed by atoms with E-state index in [4.69, 9.17) is 4.74 Å². The molecule has 1 aromatic rings. The number of aryl methyl sites for hydroxylation is 1. The molecule has 2 rings (SSSR count). The van der Waals surface area contributed by atoms with Gasteiger partial charge in [-0.1, -0.05) is 26.3 Å². The number of rotatable bonds is 5. The van der Waals surface area contributed by atoms with E-state index in [1.165, 1.54) is 12.0 Å². The Morgan fingerprint density at radius 2 is 2.20 bits per heavy atom. The van der Waals surface area contributed by atoms with Gasteiger partial charge < -0.3 is 14.7 Å². The molecule has 3 heteroatoms. The summed E-state index contributed by atoms with van der Waals surface area (Å²) in [7, 11) is 3.80. The zero-order valence-corrected chi connectivity index (χ0v) is 13.1. The van der Waals surface area contributed by atoms with Gasteiger partial charge in [0.15, 0.2) is 0 Å². The van der Waals surface area contributed by atoms with Crippen molar-refractivity contribution in [1.29, 1.82) is 0 Å². The van der Waals surface area contributed by atoms with Crippen LogP contribution in [0.4, 0.5) is 0 Å². The lowest BCUT2D eigenvalue weighted by molar-refractivity contribution is 0.0431. The fourth-order valence-electron chi connectivity index (χ4n) is 3.09. The Hall–Kier alpha value is -1.06. The molecule has 0 aliphatic heterocycles. The predicted octanol–water partition coefficient (Wildman–Crippen LogP) is 3.02. The number of benzene rings is 1. The van der Waals surface area contributed by atoms with Gasteiger partial charge in [0.2, 0.25) is 0 Å². The van der Waals surface area contributed by atoms with Gasteiger partial charge >= 0.3 is 0 Å². The van der Waals surface area contributed by atoms with Crippen molar-refractivity contribution in [3.8, 4) is 5.75 Å². The average molecular weight is 277 g/mol. The van der Waals surface area contributed by atoms with E-state index < -0.39 is 6.10 Å². The molecule has 0 fully saturated rings. The van der Waals surface area contributed by atoms with Gasteiger partial charge in [0.1, 0.15) is 5.75 Å². The van der Waals surface area contributed by atoms with E-state index in [1.807, 2.05) is 12.1 Å². The first-order valence-electron chi connectivity index (χ1n) is 7.62. The summed E-state index contributed by atoms with van der Waals surface area (Å²) in [5.41, 5.74) is 2.29. The Morgan fingerprint density at radius 1 is 1.45 bits per heavy atom. The first-order valence-corrected chi connectivity index (χ1v) is 7.62. The minimum atomic E-state index is -0.414. The van der Waals surface area contributed by atoms with Gasteiger partial charge in [-0.05, 0) is 49.1 Å². The standard InChI is InChI=1S/C17H27NO2/c1-5-12(2)11-18(3)16-9-7-13-6-8-14(20-4)10-15(13)17(16)19/h6,8,10,12,16-17,19H,5,7,9,11H2,1-4H3. The lowest BCUT2D eigenvalue weighted by Gasteiger charge is -2.37. The molecule has 0 bridgehead atoms. The third-order valence-corrected chi connectivity index (χ3v) is 4.61. The molecule has 1 aliphatic carbocycles. The summed E-state index contributed by atoms with van der Waals surface area (Å²) in [5.74, 6) is 1.49. The molecule has 0 spiro atoms. The Labute approximate surface area is 122 Å². The topological polar surface area (TPSA) is 32.7 Å². The van der Waals surface area contributed by atoms with Crippen molar-refractivity contribution in [2.75, 3.05) is 20.7 Å². The maximum atomic E-state index is 10.7. The molecule has 0 saturated heterocycles. The number of nitrogens with zero attached hydrogens (tertiary/aromatic N) is 1. The molecule has 3 unspecified atom stereocenters. The number of methoxy groups -OCH3 is 1. The van der Waals surface area contributed by atoms with Gasteiger partial charge in [0, 0.05) is 12.6 Å². The summed E-state index contributed by atoms with van der Waals surface area (Å²) >= 11 is 0. The number of aliphatic hydroxyl groups excluding tert-OH is 1. The van der Waals surface area contributed by atoms with Crippen molar-refractivity contribution in [3.63, 3.8) is 0 Å². The molecule has 20 heavy (non-hydrogen) atoms. The minimum absolute atomic E-state index is 0.212. The molecule has 1 aromatic carbocycles. The van der Waals surface area contributed by atoms with Crippen molar-refractivity contribution in [2.45, 2.75) is 45.3 Å². The first kappa shape index (κ1) is 15.3. The number of hydrogen-bond donors (Lipinski definition) is 1. The van der Waals surface area contributed by atoms with Crippen molar-refractivity contribution in [2.24, 2.45) is 5.92 Å². The molecule has 0 heterocycles.